The zero-order valence-corrected chi connectivity index (χ0v) is 13.0. The van der Waals surface area contributed by atoms with Gasteiger partial charge in [-0.25, -0.2) is 0 Å². The Kier molecular flexibility index (Phi) is 6.01. The van der Waals surface area contributed by atoms with Crippen molar-refractivity contribution in [3.8, 4) is 0 Å². The lowest BCUT2D eigenvalue weighted by Gasteiger charge is -2.28. The summed E-state index contributed by atoms with van der Waals surface area (Å²) >= 11 is -0.750. The van der Waals surface area contributed by atoms with Crippen LogP contribution in [0.1, 0.15) is 31.1 Å². The summed E-state index contributed by atoms with van der Waals surface area (Å²) in [4.78, 5) is 2.09. The number of hydrogen-bond donors (Lipinski definition) is 1. The fraction of sp³-hybridized carbons (Fsp3) is 0.571. The molecule has 1 aliphatic rings. The number of aliphatic hydroxyl groups excluding tert-OH is 1. The smallest absolute Gasteiger partial charge is 0.335 e. The van der Waals surface area contributed by atoms with E-state index in [0.717, 1.165) is 5.56 Å². The topological polar surface area (TPSA) is 66.8 Å². The van der Waals surface area contributed by atoms with Crippen molar-refractivity contribution in [2.24, 2.45) is 0 Å². The van der Waals surface area contributed by atoms with Crippen molar-refractivity contribution in [2.45, 2.75) is 38.6 Å². The molecule has 2 atom stereocenters. The van der Waals surface area contributed by atoms with Gasteiger partial charge in [-0.3, -0.25) is 4.90 Å². The monoisotopic (exact) mass is 299 g/mol. The van der Waals surface area contributed by atoms with Gasteiger partial charge in [-0.2, -0.15) is 8.42 Å². The molecule has 5 nitrogen and oxygen atoms in total. The minimum absolute atomic E-state index is 0.0210. The highest BCUT2D eigenvalue weighted by molar-refractivity contribution is 7.51. The van der Waals surface area contributed by atoms with Crippen molar-refractivity contribution >= 4 is 11.6 Å². The molecule has 0 unspecified atom stereocenters. The Labute approximate surface area is 123 Å². The maximum atomic E-state index is 9.53. The minimum Gasteiger partial charge on any atom is -0.395 e. The van der Waals surface area contributed by atoms with Crippen molar-refractivity contribution < 1.29 is 18.3 Å². The first-order chi connectivity index (χ1) is 9.37. The van der Waals surface area contributed by atoms with Crippen molar-refractivity contribution in [1.82, 2.24) is 4.90 Å². The largest absolute Gasteiger partial charge is 0.395 e. The van der Waals surface area contributed by atoms with Crippen LogP contribution in [0.3, 0.4) is 0 Å². The normalized spacial score (nSPS) is 24.9. The van der Waals surface area contributed by atoms with Gasteiger partial charge in [-0.1, -0.05) is 29.8 Å². The van der Waals surface area contributed by atoms with E-state index in [4.69, 9.17) is 13.2 Å². The summed E-state index contributed by atoms with van der Waals surface area (Å²) in [6.07, 6.45) is -0.0550. The molecule has 1 aromatic carbocycles. The van der Waals surface area contributed by atoms with Crippen LogP contribution in [0.4, 0.5) is 0 Å². The Hall–Kier alpha value is -1.08. The number of benzene rings is 1. The molecule has 0 spiro atoms. The Balaban J connectivity index is 0.000000612. The molecule has 6 heteroatoms. The Morgan fingerprint density at radius 3 is 2.25 bits per heavy atom. The second-order valence-corrected chi connectivity index (χ2v) is 5.46. The van der Waals surface area contributed by atoms with Crippen LogP contribution in [0.15, 0.2) is 24.3 Å². The fourth-order valence-corrected chi connectivity index (χ4v) is 2.34. The van der Waals surface area contributed by atoms with Gasteiger partial charge in [0, 0.05) is 0 Å². The van der Waals surface area contributed by atoms with E-state index in [1.807, 2.05) is 20.9 Å². The van der Waals surface area contributed by atoms with Crippen LogP contribution in [0.25, 0.3) is 0 Å². The summed E-state index contributed by atoms with van der Waals surface area (Å²) in [6, 6.07) is 8.35. The van der Waals surface area contributed by atoms with Crippen molar-refractivity contribution in [1.29, 1.82) is 0 Å². The molecule has 1 heterocycles. The Bertz CT molecular complexity index is 469. The third-order valence-corrected chi connectivity index (χ3v) is 3.70. The summed E-state index contributed by atoms with van der Waals surface area (Å²) in [5.74, 6) is 0. The van der Waals surface area contributed by atoms with Gasteiger partial charge >= 0.3 is 11.6 Å². The summed E-state index contributed by atoms with van der Waals surface area (Å²) in [5, 5.41) is 9.53. The minimum atomic E-state index is -0.750. The number of ether oxygens (including phenoxy) is 1. The van der Waals surface area contributed by atoms with Gasteiger partial charge in [0.1, 0.15) is 11.8 Å². The van der Waals surface area contributed by atoms with E-state index in [-0.39, 0.29) is 24.5 Å². The molecule has 1 fully saturated rings. The molecule has 2 rings (SSSR count). The van der Waals surface area contributed by atoms with Crippen LogP contribution in [0.5, 0.6) is 0 Å². The molecule has 20 heavy (non-hydrogen) atoms. The van der Waals surface area contributed by atoms with Crippen molar-refractivity contribution in [3.05, 3.63) is 35.4 Å². The van der Waals surface area contributed by atoms with Gasteiger partial charge < -0.3 is 9.84 Å². The molecule has 0 aliphatic carbocycles. The van der Waals surface area contributed by atoms with E-state index in [1.54, 1.807) is 0 Å². The van der Waals surface area contributed by atoms with E-state index in [9.17, 15) is 5.11 Å². The number of likely N-dealkylation sites (N-methyl/N-ethyl adjacent to an activating group) is 1. The molecule has 0 bridgehead atoms. The summed E-state index contributed by atoms with van der Waals surface area (Å²) in [6.45, 7) is 6.24. The summed E-state index contributed by atoms with van der Waals surface area (Å²) in [5.41, 5.74) is 2.04. The van der Waals surface area contributed by atoms with Gasteiger partial charge in [0.15, 0.2) is 0 Å². The molecule has 112 valence electrons. The van der Waals surface area contributed by atoms with E-state index in [2.05, 4.69) is 36.1 Å². The first-order valence-electron chi connectivity index (χ1n) is 6.37. The lowest BCUT2D eigenvalue weighted by molar-refractivity contribution is -0.0684. The van der Waals surface area contributed by atoms with E-state index >= 15 is 0 Å². The zero-order chi connectivity index (χ0) is 15.3. The molecule has 0 saturated carbocycles. The first-order valence-corrected chi connectivity index (χ1v) is 7.04. The SMILES string of the molecule is Cc1ccc([C@H]2OC(C)(C)N(C)[C@@H]2CO)cc1.O=S=O. The molecule has 0 aromatic heterocycles. The molecular formula is C14H21NO4S. The van der Waals surface area contributed by atoms with Crippen LogP contribution < -0.4 is 0 Å². The summed E-state index contributed by atoms with van der Waals surface area (Å²) < 4.78 is 22.6. The molecule has 1 saturated heterocycles. The third-order valence-electron chi connectivity index (χ3n) is 3.70. The van der Waals surface area contributed by atoms with Crippen molar-refractivity contribution in [2.75, 3.05) is 13.7 Å². The average molecular weight is 299 g/mol. The van der Waals surface area contributed by atoms with Crippen LogP contribution in [0, 0.1) is 6.92 Å². The second-order valence-electron chi connectivity index (χ2n) is 5.32. The highest BCUT2D eigenvalue weighted by atomic mass is 32.1. The van der Waals surface area contributed by atoms with Gasteiger partial charge in [0.05, 0.1) is 12.6 Å². The summed E-state index contributed by atoms with van der Waals surface area (Å²) in [7, 11) is 2.00. The molecule has 1 aromatic rings. The zero-order valence-electron chi connectivity index (χ0n) is 12.2. The second kappa shape index (κ2) is 7.08. The predicted octanol–water partition coefficient (Wildman–Crippen LogP) is 1.42. The van der Waals surface area contributed by atoms with Gasteiger partial charge in [-0.15, -0.1) is 0 Å². The molecule has 0 amide bonds. The molecular weight excluding hydrogens is 278 g/mol. The number of hydrogen-bond acceptors (Lipinski definition) is 5. The van der Waals surface area contributed by atoms with Crippen LogP contribution in [0.2, 0.25) is 0 Å². The quantitative estimate of drug-likeness (QED) is 0.894. The van der Waals surface area contributed by atoms with E-state index in [0.29, 0.717) is 0 Å². The van der Waals surface area contributed by atoms with E-state index < -0.39 is 11.6 Å². The van der Waals surface area contributed by atoms with Crippen LogP contribution in [-0.4, -0.2) is 43.8 Å². The Morgan fingerprint density at radius 1 is 1.30 bits per heavy atom. The Morgan fingerprint density at radius 2 is 1.80 bits per heavy atom. The average Bonchev–Trinajstić information content (AvgIpc) is 2.62. The van der Waals surface area contributed by atoms with Crippen molar-refractivity contribution in [3.63, 3.8) is 0 Å². The number of aliphatic hydroxyl groups is 1. The number of aryl methyl sites for hydroxylation is 1. The van der Waals surface area contributed by atoms with Gasteiger partial charge in [0.2, 0.25) is 0 Å². The van der Waals surface area contributed by atoms with E-state index in [1.165, 1.54) is 5.56 Å². The number of nitrogens with zero attached hydrogens (tertiary/aromatic N) is 1. The lowest BCUT2D eigenvalue weighted by Crippen LogP contribution is -2.42. The number of rotatable bonds is 2. The molecule has 1 aliphatic heterocycles. The van der Waals surface area contributed by atoms with Gasteiger partial charge in [0.25, 0.3) is 0 Å². The third kappa shape index (κ3) is 3.73. The maximum Gasteiger partial charge on any atom is 0.335 e. The standard InChI is InChI=1S/C14H21NO2.O2S/c1-10-5-7-11(8-6-10)13-12(9-16)15(4)14(2,3)17-13;1-3-2/h5-8,12-13,16H,9H2,1-4H3;/t12-,13-;/m1./s1. The highest BCUT2D eigenvalue weighted by Gasteiger charge is 2.45. The molecule has 1 N–H and O–H groups in total. The van der Waals surface area contributed by atoms with Gasteiger partial charge in [-0.05, 0) is 33.4 Å². The maximum absolute atomic E-state index is 9.53. The first kappa shape index (κ1) is 17.0. The lowest BCUT2D eigenvalue weighted by atomic mass is 10.0. The van der Waals surface area contributed by atoms with Crippen LogP contribution >= 0.6 is 0 Å². The fourth-order valence-electron chi connectivity index (χ4n) is 2.34. The highest BCUT2D eigenvalue weighted by Crippen LogP contribution is 2.39. The van der Waals surface area contributed by atoms with Crippen LogP contribution in [-0.2, 0) is 16.3 Å². The molecule has 0 radical (unpaired) electrons. The predicted molar refractivity (Wildman–Crippen MR) is 76.6 cm³/mol.